The lowest BCUT2D eigenvalue weighted by Gasteiger charge is -2.11. The molecule has 1 aromatic rings. The van der Waals surface area contributed by atoms with Crippen molar-refractivity contribution in [2.75, 3.05) is 6.61 Å². The summed E-state index contributed by atoms with van der Waals surface area (Å²) in [6.07, 6.45) is 2.56. The molecule has 1 aromatic carbocycles. The van der Waals surface area contributed by atoms with E-state index in [1.807, 2.05) is 0 Å². The smallest absolute Gasteiger partial charge is 0.326 e. The highest BCUT2D eigenvalue weighted by atomic mass is 35.5. The number of carbonyl (C=O) groups is 2. The molecule has 7 heteroatoms. The van der Waals surface area contributed by atoms with Gasteiger partial charge in [0.2, 0.25) is 5.91 Å². The molecule has 0 aromatic heterocycles. The molecular weight excluding hydrogens is 305 g/mol. The minimum atomic E-state index is -1.20. The topological polar surface area (TPSA) is 86.6 Å². The SMILES string of the molecule is O=C(C=Cc1ccc(Cl)cc1Cl)NC(CCO)C(=O)O. The molecule has 0 aliphatic rings. The van der Waals surface area contributed by atoms with Crippen LogP contribution >= 0.6 is 23.2 Å². The van der Waals surface area contributed by atoms with E-state index in [0.717, 1.165) is 0 Å². The molecule has 0 fully saturated rings. The van der Waals surface area contributed by atoms with Gasteiger partial charge in [0.25, 0.3) is 0 Å². The number of benzene rings is 1. The largest absolute Gasteiger partial charge is 0.480 e. The number of aliphatic hydroxyl groups excluding tert-OH is 1. The van der Waals surface area contributed by atoms with E-state index >= 15 is 0 Å². The molecular formula is C13H13Cl2NO4. The van der Waals surface area contributed by atoms with Gasteiger partial charge in [0.05, 0.1) is 0 Å². The van der Waals surface area contributed by atoms with Gasteiger partial charge in [0.15, 0.2) is 0 Å². The first-order valence-electron chi connectivity index (χ1n) is 5.71. The third-order valence-corrected chi connectivity index (χ3v) is 2.97. The number of rotatable bonds is 6. The third-order valence-electron chi connectivity index (χ3n) is 2.41. The fourth-order valence-electron chi connectivity index (χ4n) is 1.41. The van der Waals surface area contributed by atoms with Gasteiger partial charge in [-0.3, -0.25) is 4.79 Å². The van der Waals surface area contributed by atoms with Gasteiger partial charge in [-0.25, -0.2) is 4.79 Å². The number of amides is 1. The van der Waals surface area contributed by atoms with E-state index in [1.165, 1.54) is 18.2 Å². The standard InChI is InChI=1S/C13H13Cl2NO4/c14-9-3-1-8(10(15)7-9)2-4-12(18)16-11(5-6-17)13(19)20/h1-4,7,11,17H,5-6H2,(H,16,18)(H,19,20). The summed E-state index contributed by atoms with van der Waals surface area (Å²) >= 11 is 11.7. The summed E-state index contributed by atoms with van der Waals surface area (Å²) in [5.74, 6) is -1.79. The van der Waals surface area contributed by atoms with Crippen LogP contribution in [0.3, 0.4) is 0 Å². The molecule has 1 atom stereocenters. The van der Waals surface area contributed by atoms with Crippen molar-refractivity contribution < 1.29 is 19.8 Å². The summed E-state index contributed by atoms with van der Waals surface area (Å²) in [6.45, 7) is -0.329. The molecule has 0 saturated heterocycles. The van der Waals surface area contributed by atoms with E-state index in [-0.39, 0.29) is 13.0 Å². The first-order chi connectivity index (χ1) is 9.43. The number of carbonyl (C=O) groups excluding carboxylic acids is 1. The van der Waals surface area contributed by atoms with E-state index < -0.39 is 17.9 Å². The lowest BCUT2D eigenvalue weighted by atomic mass is 10.2. The summed E-state index contributed by atoms with van der Waals surface area (Å²) in [4.78, 5) is 22.4. The highest BCUT2D eigenvalue weighted by Gasteiger charge is 2.17. The molecule has 0 saturated carbocycles. The monoisotopic (exact) mass is 317 g/mol. The average molecular weight is 318 g/mol. The number of nitrogens with one attached hydrogen (secondary N) is 1. The predicted octanol–water partition coefficient (Wildman–Crippen LogP) is 1.96. The highest BCUT2D eigenvalue weighted by Crippen LogP contribution is 2.21. The summed E-state index contributed by atoms with van der Waals surface area (Å²) in [6, 6.07) is 3.66. The van der Waals surface area contributed by atoms with Crippen LogP contribution in [0.1, 0.15) is 12.0 Å². The second-order valence-electron chi connectivity index (χ2n) is 3.91. The average Bonchev–Trinajstić information content (AvgIpc) is 2.37. The molecule has 0 radical (unpaired) electrons. The van der Waals surface area contributed by atoms with Crippen molar-refractivity contribution in [2.45, 2.75) is 12.5 Å². The first-order valence-corrected chi connectivity index (χ1v) is 6.47. The maximum atomic E-state index is 11.6. The molecule has 1 unspecified atom stereocenters. The van der Waals surface area contributed by atoms with Crippen molar-refractivity contribution in [3.63, 3.8) is 0 Å². The van der Waals surface area contributed by atoms with Crippen LogP contribution in [0, 0.1) is 0 Å². The van der Waals surface area contributed by atoms with Gasteiger partial charge in [-0.05, 0) is 23.8 Å². The number of hydrogen-bond donors (Lipinski definition) is 3. The molecule has 0 spiro atoms. The maximum absolute atomic E-state index is 11.6. The lowest BCUT2D eigenvalue weighted by molar-refractivity contribution is -0.141. The van der Waals surface area contributed by atoms with Crippen LogP contribution in [0.5, 0.6) is 0 Å². The van der Waals surface area contributed by atoms with Crippen LogP contribution in [0.2, 0.25) is 10.0 Å². The Bertz CT molecular complexity index is 531. The summed E-state index contributed by atoms with van der Waals surface area (Å²) in [5.41, 5.74) is 0.584. The zero-order valence-electron chi connectivity index (χ0n) is 10.3. The fourth-order valence-corrected chi connectivity index (χ4v) is 1.88. The van der Waals surface area contributed by atoms with Gasteiger partial charge in [-0.1, -0.05) is 29.3 Å². The van der Waals surface area contributed by atoms with Crippen molar-refractivity contribution in [1.82, 2.24) is 5.32 Å². The highest BCUT2D eigenvalue weighted by molar-refractivity contribution is 6.35. The van der Waals surface area contributed by atoms with Crippen molar-refractivity contribution in [1.29, 1.82) is 0 Å². The van der Waals surface area contributed by atoms with Gasteiger partial charge >= 0.3 is 5.97 Å². The van der Waals surface area contributed by atoms with Crippen LogP contribution in [-0.4, -0.2) is 34.7 Å². The van der Waals surface area contributed by atoms with Crippen molar-refractivity contribution in [3.05, 3.63) is 39.9 Å². The van der Waals surface area contributed by atoms with Gasteiger partial charge in [-0.2, -0.15) is 0 Å². The van der Waals surface area contributed by atoms with E-state index in [0.29, 0.717) is 15.6 Å². The molecule has 108 valence electrons. The van der Waals surface area contributed by atoms with Crippen LogP contribution in [0.25, 0.3) is 6.08 Å². The van der Waals surface area contributed by atoms with E-state index in [4.69, 9.17) is 33.4 Å². The molecule has 1 rings (SSSR count). The van der Waals surface area contributed by atoms with Crippen LogP contribution in [0.15, 0.2) is 24.3 Å². The number of carboxylic acid groups (broad SMARTS) is 1. The minimum absolute atomic E-state index is 0.0589. The summed E-state index contributed by atoms with van der Waals surface area (Å²) in [7, 11) is 0. The molecule has 0 aliphatic carbocycles. The molecule has 0 bridgehead atoms. The Kier molecular flexibility index (Phi) is 6.51. The molecule has 0 heterocycles. The lowest BCUT2D eigenvalue weighted by Crippen LogP contribution is -2.40. The predicted molar refractivity (Wildman–Crippen MR) is 76.8 cm³/mol. The van der Waals surface area contributed by atoms with Crippen LogP contribution in [-0.2, 0) is 9.59 Å². The first kappa shape index (κ1) is 16.5. The summed E-state index contributed by atoms with van der Waals surface area (Å²) in [5, 5.41) is 20.7. The van der Waals surface area contributed by atoms with Gasteiger partial charge in [-0.15, -0.1) is 0 Å². The normalized spacial score (nSPS) is 12.3. The Balaban J connectivity index is 2.69. The maximum Gasteiger partial charge on any atom is 0.326 e. The van der Waals surface area contributed by atoms with Crippen molar-refractivity contribution in [3.8, 4) is 0 Å². The van der Waals surface area contributed by atoms with Crippen LogP contribution < -0.4 is 5.32 Å². The van der Waals surface area contributed by atoms with E-state index in [9.17, 15) is 9.59 Å². The Hall–Kier alpha value is -1.56. The second kappa shape index (κ2) is 7.89. The number of aliphatic carboxylic acids is 1. The summed E-state index contributed by atoms with van der Waals surface area (Å²) < 4.78 is 0. The van der Waals surface area contributed by atoms with E-state index in [1.54, 1.807) is 12.1 Å². The minimum Gasteiger partial charge on any atom is -0.480 e. The van der Waals surface area contributed by atoms with Gasteiger partial charge in [0.1, 0.15) is 6.04 Å². The number of hydrogen-bond acceptors (Lipinski definition) is 3. The Labute approximate surface area is 125 Å². The Morgan fingerprint density at radius 3 is 2.60 bits per heavy atom. The number of halogens is 2. The van der Waals surface area contributed by atoms with Crippen molar-refractivity contribution >= 4 is 41.2 Å². The molecule has 20 heavy (non-hydrogen) atoms. The molecule has 5 nitrogen and oxygen atoms in total. The Morgan fingerprint density at radius 2 is 2.05 bits per heavy atom. The molecule has 1 amide bonds. The quantitative estimate of drug-likeness (QED) is 0.700. The van der Waals surface area contributed by atoms with E-state index in [2.05, 4.69) is 5.32 Å². The second-order valence-corrected chi connectivity index (χ2v) is 4.75. The Morgan fingerprint density at radius 1 is 1.35 bits per heavy atom. The molecule has 0 aliphatic heterocycles. The molecule has 3 N–H and O–H groups in total. The fraction of sp³-hybridized carbons (Fsp3) is 0.231. The zero-order valence-corrected chi connectivity index (χ0v) is 11.9. The third kappa shape index (κ3) is 5.21. The number of carboxylic acids is 1. The van der Waals surface area contributed by atoms with Crippen LogP contribution in [0.4, 0.5) is 0 Å². The van der Waals surface area contributed by atoms with Gasteiger partial charge < -0.3 is 15.5 Å². The van der Waals surface area contributed by atoms with Crippen molar-refractivity contribution in [2.24, 2.45) is 0 Å². The van der Waals surface area contributed by atoms with Gasteiger partial charge in [0, 0.05) is 29.1 Å². The number of aliphatic hydroxyl groups is 1. The zero-order chi connectivity index (χ0) is 15.1.